The molecule has 35 heavy (non-hydrogen) atoms. The molecule has 184 valence electrons. The lowest BCUT2D eigenvalue weighted by atomic mass is 10.1. The van der Waals surface area contributed by atoms with Crippen molar-refractivity contribution in [1.29, 1.82) is 0 Å². The predicted octanol–water partition coefficient (Wildman–Crippen LogP) is 4.03. The van der Waals surface area contributed by atoms with Gasteiger partial charge < -0.3 is 18.9 Å². The Morgan fingerprint density at radius 3 is 2.66 bits per heavy atom. The minimum Gasteiger partial charge on any atom is -0.378 e. The SMILES string of the molecule is C/C(=N\Nc1cc(N2CCOCC2)c2nc(C3=CCCOC3)n(C)c2n1)c1ccc(F)c(C)c1F. The zero-order valence-corrected chi connectivity index (χ0v) is 20.1. The lowest BCUT2D eigenvalue weighted by molar-refractivity contribution is 0.123. The molecular weight excluding hydrogens is 454 g/mol. The Hall–Kier alpha value is -3.37. The number of benzene rings is 1. The van der Waals surface area contributed by atoms with E-state index in [1.165, 1.54) is 19.1 Å². The molecule has 1 saturated heterocycles. The van der Waals surface area contributed by atoms with E-state index in [2.05, 4.69) is 21.5 Å². The van der Waals surface area contributed by atoms with Crippen molar-refractivity contribution in [2.75, 3.05) is 49.8 Å². The summed E-state index contributed by atoms with van der Waals surface area (Å²) in [4.78, 5) is 11.9. The second-order valence-corrected chi connectivity index (χ2v) is 8.71. The number of halogens is 2. The smallest absolute Gasteiger partial charge is 0.164 e. The summed E-state index contributed by atoms with van der Waals surface area (Å²) in [6.45, 7) is 7.04. The largest absolute Gasteiger partial charge is 0.378 e. The van der Waals surface area contributed by atoms with Gasteiger partial charge in [-0.05, 0) is 32.4 Å². The number of aryl methyl sites for hydroxylation is 1. The molecule has 1 N–H and O–H groups in total. The summed E-state index contributed by atoms with van der Waals surface area (Å²) in [5.74, 6) is 0.118. The van der Waals surface area contributed by atoms with Gasteiger partial charge in [-0.1, -0.05) is 6.08 Å². The molecule has 2 aliphatic rings. The zero-order valence-electron chi connectivity index (χ0n) is 20.1. The van der Waals surface area contributed by atoms with E-state index in [4.69, 9.17) is 19.4 Å². The predicted molar refractivity (Wildman–Crippen MR) is 132 cm³/mol. The van der Waals surface area contributed by atoms with Crippen LogP contribution >= 0.6 is 0 Å². The van der Waals surface area contributed by atoms with Gasteiger partial charge >= 0.3 is 0 Å². The van der Waals surface area contributed by atoms with E-state index in [9.17, 15) is 8.78 Å². The Bertz CT molecular complexity index is 1330. The van der Waals surface area contributed by atoms with Gasteiger partial charge in [-0.15, -0.1) is 0 Å². The number of aromatic nitrogens is 3. The Morgan fingerprint density at radius 2 is 1.91 bits per heavy atom. The summed E-state index contributed by atoms with van der Waals surface area (Å²) in [5, 5.41) is 4.35. The first-order valence-corrected chi connectivity index (χ1v) is 11.7. The van der Waals surface area contributed by atoms with Gasteiger partial charge in [0.15, 0.2) is 11.5 Å². The Balaban J connectivity index is 1.55. The van der Waals surface area contributed by atoms with E-state index in [1.54, 1.807) is 6.92 Å². The summed E-state index contributed by atoms with van der Waals surface area (Å²) in [6.07, 6.45) is 3.01. The molecule has 4 heterocycles. The molecule has 0 bridgehead atoms. The molecular formula is C25H28F2N6O2. The van der Waals surface area contributed by atoms with Crippen molar-refractivity contribution in [2.45, 2.75) is 20.3 Å². The van der Waals surface area contributed by atoms with Gasteiger partial charge in [-0.2, -0.15) is 5.10 Å². The summed E-state index contributed by atoms with van der Waals surface area (Å²) in [6, 6.07) is 4.54. The maximum atomic E-state index is 14.6. The van der Waals surface area contributed by atoms with Gasteiger partial charge in [0.2, 0.25) is 0 Å². The van der Waals surface area contributed by atoms with E-state index < -0.39 is 11.6 Å². The fourth-order valence-corrected chi connectivity index (χ4v) is 4.38. The van der Waals surface area contributed by atoms with Crippen molar-refractivity contribution < 1.29 is 18.3 Å². The first-order valence-electron chi connectivity index (χ1n) is 11.7. The quantitative estimate of drug-likeness (QED) is 0.437. The summed E-state index contributed by atoms with van der Waals surface area (Å²) < 4.78 is 41.4. The molecule has 1 aromatic carbocycles. The van der Waals surface area contributed by atoms with Gasteiger partial charge in [0.25, 0.3) is 0 Å². The first-order chi connectivity index (χ1) is 16.9. The number of nitrogens with zero attached hydrogens (tertiary/aromatic N) is 5. The molecule has 1 fully saturated rings. The van der Waals surface area contributed by atoms with Crippen LogP contribution in [0.5, 0.6) is 0 Å². The number of pyridine rings is 1. The summed E-state index contributed by atoms with van der Waals surface area (Å²) in [7, 11) is 1.94. The molecule has 2 aromatic heterocycles. The average molecular weight is 483 g/mol. The number of anilines is 2. The fraction of sp³-hybridized carbons (Fsp3) is 0.400. The molecule has 5 rings (SSSR count). The molecule has 0 atom stereocenters. The zero-order chi connectivity index (χ0) is 24.5. The molecule has 8 nitrogen and oxygen atoms in total. The average Bonchev–Trinajstić information content (AvgIpc) is 3.23. The van der Waals surface area contributed by atoms with Crippen LogP contribution in [0.3, 0.4) is 0 Å². The minimum atomic E-state index is -0.621. The maximum absolute atomic E-state index is 14.6. The van der Waals surface area contributed by atoms with Crippen molar-refractivity contribution in [1.82, 2.24) is 14.5 Å². The van der Waals surface area contributed by atoms with E-state index in [0.29, 0.717) is 43.6 Å². The molecule has 0 spiro atoms. The number of hydrazone groups is 1. The number of rotatable bonds is 5. The van der Waals surface area contributed by atoms with Crippen molar-refractivity contribution in [3.8, 4) is 0 Å². The van der Waals surface area contributed by atoms with Crippen LogP contribution in [0.1, 0.15) is 30.3 Å². The highest BCUT2D eigenvalue weighted by Crippen LogP contribution is 2.32. The van der Waals surface area contributed by atoms with Crippen LogP contribution in [0.2, 0.25) is 0 Å². The second-order valence-electron chi connectivity index (χ2n) is 8.71. The number of morpholine rings is 1. The molecule has 0 radical (unpaired) electrons. The third kappa shape index (κ3) is 4.51. The number of fused-ring (bicyclic) bond motifs is 1. The van der Waals surface area contributed by atoms with Crippen LogP contribution in [0, 0.1) is 18.6 Å². The van der Waals surface area contributed by atoms with Gasteiger partial charge in [0.05, 0.1) is 37.8 Å². The molecule has 3 aromatic rings. The molecule has 10 heteroatoms. The van der Waals surface area contributed by atoms with Crippen molar-refractivity contribution in [3.63, 3.8) is 0 Å². The van der Waals surface area contributed by atoms with E-state index >= 15 is 0 Å². The molecule has 0 saturated carbocycles. The van der Waals surface area contributed by atoms with Crippen LogP contribution in [0.25, 0.3) is 16.7 Å². The van der Waals surface area contributed by atoms with Crippen LogP contribution in [-0.4, -0.2) is 59.8 Å². The van der Waals surface area contributed by atoms with Crippen LogP contribution in [-0.2, 0) is 16.5 Å². The fourth-order valence-electron chi connectivity index (χ4n) is 4.38. The van der Waals surface area contributed by atoms with Crippen LogP contribution < -0.4 is 10.3 Å². The van der Waals surface area contributed by atoms with E-state index in [-0.39, 0.29) is 11.1 Å². The third-order valence-electron chi connectivity index (χ3n) is 6.41. The first kappa shape index (κ1) is 23.4. The summed E-state index contributed by atoms with van der Waals surface area (Å²) >= 11 is 0. The van der Waals surface area contributed by atoms with Crippen LogP contribution in [0.15, 0.2) is 29.4 Å². The standard InChI is InChI=1S/C25H28F2N6O2/c1-15-19(26)7-6-18(22(15)27)16(2)30-31-21-13-20(33-8-11-34-12-9-33)23-25(28-21)32(3)24(29-23)17-5-4-10-35-14-17/h5-7,13H,4,8-12,14H2,1-3H3,(H,28,31)/b30-16+. The lowest BCUT2D eigenvalue weighted by Crippen LogP contribution is -2.36. The summed E-state index contributed by atoms with van der Waals surface area (Å²) in [5.41, 5.74) is 7.02. The molecule has 0 unspecified atom stereocenters. The van der Waals surface area contributed by atoms with Crippen molar-refractivity contribution in [2.24, 2.45) is 12.1 Å². The van der Waals surface area contributed by atoms with Crippen molar-refractivity contribution in [3.05, 3.63) is 52.9 Å². The number of nitrogens with one attached hydrogen (secondary N) is 1. The Kier molecular flexibility index (Phi) is 6.48. The second kappa shape index (κ2) is 9.71. The van der Waals surface area contributed by atoms with Crippen LogP contribution in [0.4, 0.5) is 20.3 Å². The topological polar surface area (TPSA) is 76.8 Å². The Labute approximate surface area is 202 Å². The number of hydrogen-bond donors (Lipinski definition) is 1. The Morgan fingerprint density at radius 1 is 1.11 bits per heavy atom. The van der Waals surface area contributed by atoms with Gasteiger partial charge in [-0.3, -0.25) is 5.43 Å². The monoisotopic (exact) mass is 482 g/mol. The number of hydrogen-bond acceptors (Lipinski definition) is 7. The number of imidazole rings is 1. The van der Waals surface area contributed by atoms with Gasteiger partial charge in [0.1, 0.15) is 23.0 Å². The lowest BCUT2D eigenvalue weighted by Gasteiger charge is -2.29. The highest BCUT2D eigenvalue weighted by atomic mass is 19.1. The van der Waals surface area contributed by atoms with Crippen molar-refractivity contribution >= 4 is 34.0 Å². The van der Waals surface area contributed by atoms with Gasteiger partial charge in [-0.25, -0.2) is 18.7 Å². The molecule has 0 amide bonds. The highest BCUT2D eigenvalue weighted by Gasteiger charge is 2.22. The normalized spacial score (nSPS) is 17.1. The number of ether oxygens (including phenoxy) is 2. The third-order valence-corrected chi connectivity index (χ3v) is 6.41. The molecule has 0 aliphatic carbocycles. The van der Waals surface area contributed by atoms with Gasteiger partial charge in [0, 0.05) is 42.9 Å². The minimum absolute atomic E-state index is 0.0328. The van der Waals surface area contributed by atoms with E-state index in [0.717, 1.165) is 42.1 Å². The van der Waals surface area contributed by atoms with E-state index in [1.807, 2.05) is 17.7 Å². The highest BCUT2D eigenvalue weighted by molar-refractivity contribution is 5.99. The maximum Gasteiger partial charge on any atom is 0.164 e. The molecule has 2 aliphatic heterocycles.